The Labute approximate surface area is 213 Å². The highest BCUT2D eigenvalue weighted by molar-refractivity contribution is 6.45. The number of likely N-dealkylation sites (N-methyl/N-ethyl adjacent to an activating group) is 1. The van der Waals surface area contributed by atoms with E-state index in [1.807, 2.05) is 30.0 Å². The van der Waals surface area contributed by atoms with E-state index in [-0.39, 0.29) is 24.0 Å². The predicted octanol–water partition coefficient (Wildman–Crippen LogP) is 4.30. The number of amides is 2. The average molecular weight is 489 g/mol. The zero-order valence-electron chi connectivity index (χ0n) is 22.0. The number of rotatable bonds is 6. The van der Waals surface area contributed by atoms with Crippen LogP contribution in [-0.4, -0.2) is 76.5 Å². The van der Waals surface area contributed by atoms with Gasteiger partial charge in [-0.3, -0.25) is 19.3 Å². The summed E-state index contributed by atoms with van der Waals surface area (Å²) in [6, 6.07) is 14.6. The maximum atomic E-state index is 13.9. The van der Waals surface area contributed by atoms with Crippen molar-refractivity contribution in [3.05, 3.63) is 70.9 Å². The largest absolute Gasteiger partial charge is 0.360 e. The van der Waals surface area contributed by atoms with Crippen molar-refractivity contribution in [3.8, 4) is 0 Å². The van der Waals surface area contributed by atoms with Gasteiger partial charge in [0.05, 0.1) is 5.56 Å². The average Bonchev–Trinajstić information content (AvgIpc) is 3.32. The van der Waals surface area contributed by atoms with Crippen LogP contribution in [0.4, 0.5) is 0 Å². The first kappa shape index (κ1) is 25.6. The zero-order valence-corrected chi connectivity index (χ0v) is 22.0. The number of H-pyrrole nitrogens is 1. The van der Waals surface area contributed by atoms with E-state index in [4.69, 9.17) is 0 Å². The van der Waals surface area contributed by atoms with Crippen LogP contribution in [0.3, 0.4) is 0 Å². The molecule has 7 heteroatoms. The molecule has 7 nitrogen and oxygen atoms in total. The molecule has 0 spiro atoms. The maximum absolute atomic E-state index is 13.9. The lowest BCUT2D eigenvalue weighted by atomic mass is 9.94. The highest BCUT2D eigenvalue weighted by Gasteiger charge is 2.36. The second-order valence-corrected chi connectivity index (χ2v) is 10.0. The van der Waals surface area contributed by atoms with E-state index in [0.717, 1.165) is 17.6 Å². The number of ketones is 1. The molecule has 2 amide bonds. The van der Waals surface area contributed by atoms with Gasteiger partial charge in [-0.1, -0.05) is 37.3 Å². The number of carbonyl (C=O) groups is 3. The number of Topliss-reactive ketones (excluding diaryl/α,β-unsaturated/α-hetero) is 1. The molecule has 0 radical (unpaired) electrons. The van der Waals surface area contributed by atoms with Crippen molar-refractivity contribution >= 4 is 28.5 Å². The molecule has 2 aromatic carbocycles. The number of carbonyl (C=O) groups excluding carboxylic acids is 3. The molecule has 3 unspecified atom stereocenters. The highest BCUT2D eigenvalue weighted by Crippen LogP contribution is 2.31. The van der Waals surface area contributed by atoms with E-state index in [9.17, 15) is 14.4 Å². The maximum Gasteiger partial charge on any atom is 0.294 e. The molecule has 36 heavy (non-hydrogen) atoms. The van der Waals surface area contributed by atoms with Gasteiger partial charge in [0.15, 0.2) is 0 Å². The molecule has 1 saturated heterocycles. The standard InChI is InChI=1S/C29H36N4O3/c1-7-22-23(13-14-25-26(22)24(15-30-25)27(34)29(36)31(5)6)28(35)33-17-18(2)32(16-19(33)3)20(4)21-11-9-8-10-12-21/h8-15,18-20,30H,7,16-17H2,1-6H3. The number of fused-ring (bicyclic) bond motifs is 1. The summed E-state index contributed by atoms with van der Waals surface area (Å²) in [6.45, 7) is 9.87. The topological polar surface area (TPSA) is 76.7 Å². The van der Waals surface area contributed by atoms with Crippen molar-refractivity contribution in [1.82, 2.24) is 19.7 Å². The van der Waals surface area contributed by atoms with Gasteiger partial charge in [-0.05, 0) is 50.5 Å². The summed E-state index contributed by atoms with van der Waals surface area (Å²) in [5.74, 6) is -1.18. The number of hydrogen-bond donors (Lipinski definition) is 1. The molecule has 2 heterocycles. The first-order valence-corrected chi connectivity index (χ1v) is 12.7. The molecule has 3 atom stereocenters. The van der Waals surface area contributed by atoms with Crippen LogP contribution in [0.1, 0.15) is 65.6 Å². The lowest BCUT2D eigenvalue weighted by molar-refractivity contribution is -0.124. The molecule has 1 aliphatic rings. The Hall–Kier alpha value is -3.45. The fourth-order valence-corrected chi connectivity index (χ4v) is 5.42. The van der Waals surface area contributed by atoms with Crippen LogP contribution in [0.5, 0.6) is 0 Å². The fourth-order valence-electron chi connectivity index (χ4n) is 5.42. The summed E-state index contributed by atoms with van der Waals surface area (Å²) >= 11 is 0. The molecule has 3 aromatic rings. The summed E-state index contributed by atoms with van der Waals surface area (Å²) < 4.78 is 0. The third kappa shape index (κ3) is 4.55. The van der Waals surface area contributed by atoms with Crippen molar-refractivity contribution in [2.75, 3.05) is 27.2 Å². The highest BCUT2D eigenvalue weighted by atomic mass is 16.2. The molecule has 1 aliphatic heterocycles. The summed E-state index contributed by atoms with van der Waals surface area (Å²) in [6.07, 6.45) is 2.15. The van der Waals surface area contributed by atoms with Crippen molar-refractivity contribution in [2.45, 2.75) is 52.2 Å². The predicted molar refractivity (Wildman–Crippen MR) is 142 cm³/mol. The Kier molecular flexibility index (Phi) is 7.31. The lowest BCUT2D eigenvalue weighted by Gasteiger charge is -2.47. The fraction of sp³-hybridized carbons (Fsp3) is 0.414. The number of piperazine rings is 1. The number of aryl methyl sites for hydroxylation is 1. The van der Waals surface area contributed by atoms with Gasteiger partial charge >= 0.3 is 0 Å². The number of hydrogen-bond acceptors (Lipinski definition) is 4. The minimum absolute atomic E-state index is 0.0290. The van der Waals surface area contributed by atoms with Gasteiger partial charge in [-0.2, -0.15) is 0 Å². The molecule has 1 aromatic heterocycles. The second kappa shape index (κ2) is 10.3. The van der Waals surface area contributed by atoms with Gasteiger partial charge in [-0.25, -0.2) is 0 Å². The normalized spacial score (nSPS) is 19.3. The number of benzene rings is 2. The summed E-state index contributed by atoms with van der Waals surface area (Å²) in [7, 11) is 3.12. The number of nitrogens with one attached hydrogen (secondary N) is 1. The first-order chi connectivity index (χ1) is 17.1. The minimum Gasteiger partial charge on any atom is -0.360 e. The van der Waals surface area contributed by atoms with E-state index < -0.39 is 11.7 Å². The van der Waals surface area contributed by atoms with Gasteiger partial charge in [0.1, 0.15) is 0 Å². The molecule has 1 fully saturated rings. The first-order valence-electron chi connectivity index (χ1n) is 12.7. The smallest absolute Gasteiger partial charge is 0.294 e. The zero-order chi connectivity index (χ0) is 26.1. The summed E-state index contributed by atoms with van der Waals surface area (Å²) in [5.41, 5.74) is 3.74. The van der Waals surface area contributed by atoms with Gasteiger partial charge in [-0.15, -0.1) is 0 Å². The van der Waals surface area contributed by atoms with Gasteiger partial charge in [0, 0.05) is 68.0 Å². The number of nitrogens with zero attached hydrogens (tertiary/aromatic N) is 3. The van der Waals surface area contributed by atoms with Crippen LogP contribution in [-0.2, 0) is 11.2 Å². The van der Waals surface area contributed by atoms with Crippen LogP contribution >= 0.6 is 0 Å². The van der Waals surface area contributed by atoms with Gasteiger partial charge in [0.25, 0.3) is 17.6 Å². The van der Waals surface area contributed by atoms with E-state index in [2.05, 4.69) is 54.9 Å². The number of aromatic amines is 1. The molecule has 4 rings (SSSR count). The van der Waals surface area contributed by atoms with Gasteiger partial charge in [0.2, 0.25) is 0 Å². The van der Waals surface area contributed by atoms with Crippen molar-refractivity contribution < 1.29 is 14.4 Å². The third-order valence-electron chi connectivity index (χ3n) is 7.46. The van der Waals surface area contributed by atoms with E-state index in [1.54, 1.807) is 20.3 Å². The van der Waals surface area contributed by atoms with Crippen molar-refractivity contribution in [3.63, 3.8) is 0 Å². The Morgan fingerprint density at radius 3 is 2.33 bits per heavy atom. The molecular formula is C29H36N4O3. The molecule has 0 saturated carbocycles. The molecular weight excluding hydrogens is 452 g/mol. The molecule has 190 valence electrons. The summed E-state index contributed by atoms with van der Waals surface area (Å²) in [5, 5.41) is 0.667. The summed E-state index contributed by atoms with van der Waals surface area (Å²) in [4.78, 5) is 48.0. The van der Waals surface area contributed by atoms with Gasteiger partial charge < -0.3 is 14.8 Å². The molecule has 1 N–H and O–H groups in total. The Balaban J connectivity index is 1.64. The second-order valence-electron chi connectivity index (χ2n) is 10.0. The van der Waals surface area contributed by atoms with Crippen LogP contribution in [0.2, 0.25) is 0 Å². The lowest BCUT2D eigenvalue weighted by Crippen LogP contribution is -2.58. The Morgan fingerprint density at radius 1 is 1.00 bits per heavy atom. The minimum atomic E-state index is -0.583. The molecule has 0 bridgehead atoms. The third-order valence-corrected chi connectivity index (χ3v) is 7.46. The van der Waals surface area contributed by atoms with E-state index in [0.29, 0.717) is 29.5 Å². The van der Waals surface area contributed by atoms with E-state index >= 15 is 0 Å². The van der Waals surface area contributed by atoms with Crippen LogP contribution < -0.4 is 0 Å². The van der Waals surface area contributed by atoms with Crippen molar-refractivity contribution in [1.29, 1.82) is 0 Å². The van der Waals surface area contributed by atoms with Crippen LogP contribution in [0.15, 0.2) is 48.7 Å². The quantitative estimate of drug-likeness (QED) is 0.415. The van der Waals surface area contributed by atoms with Crippen molar-refractivity contribution in [2.24, 2.45) is 0 Å². The Morgan fingerprint density at radius 2 is 1.69 bits per heavy atom. The SMILES string of the molecule is CCc1c(C(=O)N2CC(C)N(C(C)c3ccccc3)CC2C)ccc2[nH]cc(C(=O)C(=O)N(C)C)c12. The Bertz CT molecular complexity index is 1280. The van der Waals surface area contributed by atoms with Crippen LogP contribution in [0.25, 0.3) is 10.9 Å². The van der Waals surface area contributed by atoms with Crippen LogP contribution in [0, 0.1) is 0 Å². The van der Waals surface area contributed by atoms with E-state index in [1.165, 1.54) is 10.5 Å². The molecule has 0 aliphatic carbocycles. The number of aromatic nitrogens is 1. The monoisotopic (exact) mass is 488 g/mol.